The summed E-state index contributed by atoms with van der Waals surface area (Å²) in [6.07, 6.45) is 3.74. The summed E-state index contributed by atoms with van der Waals surface area (Å²) in [5, 5.41) is 8.01. The van der Waals surface area contributed by atoms with E-state index < -0.39 is 0 Å². The second kappa shape index (κ2) is 12.1. The van der Waals surface area contributed by atoms with Gasteiger partial charge in [0.05, 0.1) is 12.6 Å². The molecule has 4 aromatic rings. The molecule has 0 spiro atoms. The van der Waals surface area contributed by atoms with Crippen LogP contribution in [0.1, 0.15) is 41.6 Å². The number of pyridine rings is 1. The van der Waals surface area contributed by atoms with Crippen molar-refractivity contribution in [3.05, 3.63) is 90.0 Å². The molecule has 1 aliphatic rings. The van der Waals surface area contributed by atoms with Crippen LogP contribution in [0.2, 0.25) is 0 Å². The van der Waals surface area contributed by atoms with Crippen LogP contribution in [-0.2, 0) is 6.61 Å². The highest BCUT2D eigenvalue weighted by Crippen LogP contribution is 2.31. The molecule has 1 heterocycles. The van der Waals surface area contributed by atoms with Crippen LogP contribution in [-0.4, -0.2) is 44.2 Å². The fourth-order valence-corrected chi connectivity index (χ4v) is 5.13. The van der Waals surface area contributed by atoms with Gasteiger partial charge >= 0.3 is 0 Å². The van der Waals surface area contributed by atoms with E-state index >= 15 is 0 Å². The Hall–Kier alpha value is -4.26. The smallest absolute Gasteiger partial charge is 0.251 e. The Balaban J connectivity index is 1.18. The predicted octanol–water partition coefficient (Wildman–Crippen LogP) is 6.04. The van der Waals surface area contributed by atoms with Crippen LogP contribution in [0.15, 0.2) is 78.9 Å². The van der Waals surface area contributed by atoms with Crippen molar-refractivity contribution in [3.63, 3.8) is 0 Å². The van der Waals surface area contributed by atoms with Crippen LogP contribution >= 0.6 is 0 Å². The zero-order valence-electron chi connectivity index (χ0n) is 22.8. The average Bonchev–Trinajstić information content (AvgIpc) is 2.97. The van der Waals surface area contributed by atoms with Gasteiger partial charge < -0.3 is 25.0 Å². The summed E-state index contributed by atoms with van der Waals surface area (Å²) >= 11 is 0. The van der Waals surface area contributed by atoms with E-state index in [1.807, 2.05) is 42.5 Å². The number of carbonyl (C=O) groups excluding carboxylic acids is 1. The lowest BCUT2D eigenvalue weighted by Gasteiger charge is -2.30. The van der Waals surface area contributed by atoms with Crippen LogP contribution in [0.4, 0.5) is 11.5 Å². The van der Waals surface area contributed by atoms with E-state index in [2.05, 4.69) is 47.8 Å². The number of nitrogens with one attached hydrogen (secondary N) is 2. The van der Waals surface area contributed by atoms with Crippen LogP contribution in [0.25, 0.3) is 10.9 Å². The molecule has 0 unspecified atom stereocenters. The third kappa shape index (κ3) is 6.42. The molecule has 0 saturated heterocycles. The van der Waals surface area contributed by atoms with Gasteiger partial charge in [0.1, 0.15) is 12.4 Å². The zero-order chi connectivity index (χ0) is 27.2. The lowest BCUT2D eigenvalue weighted by atomic mass is 9.91. The molecule has 1 amide bonds. The van der Waals surface area contributed by atoms with E-state index in [-0.39, 0.29) is 11.9 Å². The second-order valence-corrected chi connectivity index (χ2v) is 10.2. The number of amides is 1. The molecule has 0 aliphatic heterocycles. The summed E-state index contributed by atoms with van der Waals surface area (Å²) in [6.45, 7) is 0.404. The van der Waals surface area contributed by atoms with Gasteiger partial charge in [0.2, 0.25) is 0 Å². The Morgan fingerprint density at radius 2 is 1.62 bits per heavy atom. The van der Waals surface area contributed by atoms with Crippen molar-refractivity contribution in [2.24, 2.45) is 0 Å². The number of hydrogen-bond donors (Lipinski definition) is 2. The van der Waals surface area contributed by atoms with Crippen LogP contribution in [0.5, 0.6) is 11.5 Å². The summed E-state index contributed by atoms with van der Waals surface area (Å²) < 4.78 is 11.4. The minimum atomic E-state index is -0.0922. The Bertz CT molecular complexity index is 1420. The molecule has 1 aromatic heterocycles. The first-order chi connectivity index (χ1) is 19.0. The zero-order valence-corrected chi connectivity index (χ0v) is 22.8. The van der Waals surface area contributed by atoms with E-state index in [1.54, 1.807) is 25.3 Å². The molecular weight excluding hydrogens is 488 g/mol. The molecule has 1 fully saturated rings. The fraction of sp³-hybridized carbons (Fsp3) is 0.312. The highest BCUT2D eigenvalue weighted by atomic mass is 16.5. The first-order valence-corrected chi connectivity index (χ1v) is 13.5. The minimum Gasteiger partial charge on any atom is -0.493 e. The molecule has 1 saturated carbocycles. The van der Waals surface area contributed by atoms with E-state index in [4.69, 9.17) is 14.5 Å². The molecule has 0 radical (unpaired) electrons. The summed E-state index contributed by atoms with van der Waals surface area (Å²) in [7, 11) is 5.72. The number of ether oxygens (including phenoxy) is 2. The number of hydrogen-bond acceptors (Lipinski definition) is 6. The minimum absolute atomic E-state index is 0.0922. The molecule has 7 heteroatoms. The maximum Gasteiger partial charge on any atom is 0.251 e. The Morgan fingerprint density at radius 1 is 0.897 bits per heavy atom. The van der Waals surface area contributed by atoms with Crippen molar-refractivity contribution >= 4 is 28.3 Å². The van der Waals surface area contributed by atoms with Crippen LogP contribution in [0, 0.1) is 0 Å². The van der Waals surface area contributed by atoms with Gasteiger partial charge in [0, 0.05) is 48.9 Å². The van der Waals surface area contributed by atoms with Gasteiger partial charge in [-0.2, -0.15) is 0 Å². The van der Waals surface area contributed by atoms with Gasteiger partial charge in [-0.15, -0.1) is 0 Å². The van der Waals surface area contributed by atoms with Gasteiger partial charge in [0.15, 0.2) is 11.5 Å². The molecule has 5 rings (SSSR count). The highest BCUT2D eigenvalue weighted by Gasteiger charge is 2.24. The van der Waals surface area contributed by atoms with Crippen LogP contribution < -0.4 is 25.0 Å². The molecule has 39 heavy (non-hydrogen) atoms. The quantitative estimate of drug-likeness (QED) is 0.278. The highest BCUT2D eigenvalue weighted by molar-refractivity contribution is 5.95. The monoisotopic (exact) mass is 524 g/mol. The largest absolute Gasteiger partial charge is 0.493 e. The molecule has 202 valence electrons. The number of anilines is 2. The second-order valence-electron chi connectivity index (χ2n) is 10.2. The SMILES string of the molecule is COc1ccc(C(=O)N[C@H]2CC[C@@H](Nc3cc(N(C)C)c4ccccc4n3)CC2)cc1OCc1ccccc1. The van der Waals surface area contributed by atoms with Gasteiger partial charge in [0.25, 0.3) is 5.91 Å². The number of nitrogens with zero attached hydrogens (tertiary/aromatic N) is 2. The van der Waals surface area contributed by atoms with Crippen molar-refractivity contribution in [2.75, 3.05) is 31.4 Å². The van der Waals surface area contributed by atoms with Crippen molar-refractivity contribution in [3.8, 4) is 11.5 Å². The summed E-state index contributed by atoms with van der Waals surface area (Å²) in [4.78, 5) is 20.1. The van der Waals surface area contributed by atoms with E-state index in [0.29, 0.717) is 29.7 Å². The molecule has 2 N–H and O–H groups in total. The van der Waals surface area contributed by atoms with E-state index in [0.717, 1.165) is 53.7 Å². The maximum absolute atomic E-state index is 13.1. The number of aromatic nitrogens is 1. The van der Waals surface area contributed by atoms with E-state index in [9.17, 15) is 4.79 Å². The number of benzene rings is 3. The first-order valence-electron chi connectivity index (χ1n) is 13.5. The summed E-state index contributed by atoms with van der Waals surface area (Å²) in [5.74, 6) is 1.97. The van der Waals surface area contributed by atoms with Gasteiger partial charge in [-0.1, -0.05) is 48.5 Å². The van der Waals surface area contributed by atoms with E-state index in [1.165, 1.54) is 0 Å². The number of methoxy groups -OCH3 is 1. The molecule has 0 atom stereocenters. The standard InChI is InChI=1S/C32H36N4O3/c1-36(2)28-20-31(35-27-12-8-7-11-26(27)28)33-24-14-16-25(17-15-24)34-32(37)23-13-18-29(38-3)30(19-23)39-21-22-9-5-4-6-10-22/h4-13,18-20,24-25H,14-17,21H2,1-3H3,(H,33,35)(H,34,37)/t24-,25+. The number of para-hydroxylation sites is 1. The molecule has 0 bridgehead atoms. The number of carbonyl (C=O) groups is 1. The summed E-state index contributed by atoms with van der Waals surface area (Å²) in [6, 6.07) is 26.1. The normalized spacial score (nSPS) is 16.9. The van der Waals surface area contributed by atoms with Gasteiger partial charge in [-0.25, -0.2) is 4.98 Å². The molecular formula is C32H36N4O3. The third-order valence-corrected chi connectivity index (χ3v) is 7.25. The molecule has 7 nitrogen and oxygen atoms in total. The van der Waals surface area contributed by atoms with Crippen molar-refractivity contribution in [1.82, 2.24) is 10.3 Å². The van der Waals surface area contributed by atoms with Gasteiger partial charge in [-0.3, -0.25) is 4.79 Å². The first kappa shape index (κ1) is 26.4. The third-order valence-electron chi connectivity index (χ3n) is 7.25. The average molecular weight is 525 g/mol. The summed E-state index contributed by atoms with van der Waals surface area (Å²) in [5.41, 5.74) is 3.75. The van der Waals surface area contributed by atoms with Crippen LogP contribution in [0.3, 0.4) is 0 Å². The Kier molecular flexibility index (Phi) is 8.16. The number of rotatable bonds is 9. The number of fused-ring (bicyclic) bond motifs is 1. The Labute approximate surface area is 230 Å². The van der Waals surface area contributed by atoms with Crippen molar-refractivity contribution in [2.45, 2.75) is 44.4 Å². The van der Waals surface area contributed by atoms with Crippen molar-refractivity contribution < 1.29 is 14.3 Å². The lowest BCUT2D eigenvalue weighted by Crippen LogP contribution is -2.40. The Morgan fingerprint density at radius 3 is 2.36 bits per heavy atom. The predicted molar refractivity (Wildman–Crippen MR) is 157 cm³/mol. The van der Waals surface area contributed by atoms with Gasteiger partial charge in [-0.05, 0) is 55.5 Å². The fourth-order valence-electron chi connectivity index (χ4n) is 5.13. The maximum atomic E-state index is 13.1. The lowest BCUT2D eigenvalue weighted by molar-refractivity contribution is 0.0926. The van der Waals surface area contributed by atoms with Crippen molar-refractivity contribution in [1.29, 1.82) is 0 Å². The molecule has 1 aliphatic carbocycles. The topological polar surface area (TPSA) is 75.7 Å². The molecule has 3 aromatic carbocycles.